The Kier molecular flexibility index (Phi) is 5.34. The largest absolute Gasteiger partial charge is 0.483 e. The Morgan fingerprint density at radius 1 is 1.22 bits per heavy atom. The van der Waals surface area contributed by atoms with Crippen LogP contribution in [0.4, 0.5) is 0 Å². The summed E-state index contributed by atoms with van der Waals surface area (Å²) in [5, 5.41) is 0. The third-order valence-corrected chi connectivity index (χ3v) is 6.20. The van der Waals surface area contributed by atoms with E-state index in [0.29, 0.717) is 18.7 Å². The minimum atomic E-state index is -3.00. The molecule has 128 valence electrons. The zero-order valence-corrected chi connectivity index (χ0v) is 15.1. The van der Waals surface area contributed by atoms with Crippen molar-refractivity contribution in [3.63, 3.8) is 0 Å². The molecule has 2 rings (SSSR count). The van der Waals surface area contributed by atoms with Gasteiger partial charge >= 0.3 is 0 Å². The molecule has 0 N–H and O–H groups in total. The number of rotatable bonds is 5. The summed E-state index contributed by atoms with van der Waals surface area (Å²) in [4.78, 5) is 14.0. The van der Waals surface area contributed by atoms with E-state index in [1.807, 2.05) is 39.8 Å². The van der Waals surface area contributed by atoms with Crippen LogP contribution < -0.4 is 4.74 Å². The minimum absolute atomic E-state index is 0.0618. The predicted molar refractivity (Wildman–Crippen MR) is 90.6 cm³/mol. The van der Waals surface area contributed by atoms with Crippen molar-refractivity contribution in [2.24, 2.45) is 0 Å². The number of likely N-dealkylation sites (N-methyl/N-ethyl adjacent to an activating group) is 1. The molecule has 0 bridgehead atoms. The van der Waals surface area contributed by atoms with Crippen molar-refractivity contribution in [2.75, 3.05) is 24.7 Å². The van der Waals surface area contributed by atoms with Crippen molar-refractivity contribution in [1.29, 1.82) is 0 Å². The van der Waals surface area contributed by atoms with Gasteiger partial charge in [0.05, 0.1) is 11.5 Å². The summed E-state index contributed by atoms with van der Waals surface area (Å²) in [6.07, 6.45) is 0.518. The number of ether oxygens (including phenoxy) is 1. The van der Waals surface area contributed by atoms with E-state index in [4.69, 9.17) is 4.74 Å². The monoisotopic (exact) mass is 339 g/mol. The third kappa shape index (κ3) is 4.25. The second kappa shape index (κ2) is 6.91. The molecular weight excluding hydrogens is 314 g/mol. The molecule has 23 heavy (non-hydrogen) atoms. The lowest BCUT2D eigenvalue weighted by Gasteiger charge is -2.27. The van der Waals surface area contributed by atoms with E-state index in [0.717, 1.165) is 11.1 Å². The number of hydrogen-bond donors (Lipinski definition) is 0. The highest BCUT2D eigenvalue weighted by molar-refractivity contribution is 7.91. The normalized spacial score (nSPS) is 19.6. The van der Waals surface area contributed by atoms with Crippen LogP contribution in [0.3, 0.4) is 0 Å². The standard InChI is InChI=1S/C17H25NO4S/c1-5-18(15-6-7-23(20,21)11-15)17(19)10-22-16-9-13(3)12(2)8-14(16)4/h8-9,15H,5-7,10-11H2,1-4H3. The van der Waals surface area contributed by atoms with Gasteiger partial charge in [0, 0.05) is 12.6 Å². The molecule has 6 heteroatoms. The lowest BCUT2D eigenvalue weighted by Crippen LogP contribution is -2.43. The van der Waals surface area contributed by atoms with Crippen LogP contribution in [-0.4, -0.2) is 49.9 Å². The topological polar surface area (TPSA) is 63.7 Å². The van der Waals surface area contributed by atoms with Gasteiger partial charge in [-0.1, -0.05) is 6.07 Å². The predicted octanol–water partition coefficient (Wildman–Crippen LogP) is 2.03. The summed E-state index contributed by atoms with van der Waals surface area (Å²) in [7, 11) is -3.00. The van der Waals surface area contributed by atoms with Crippen molar-refractivity contribution < 1.29 is 17.9 Å². The zero-order valence-electron chi connectivity index (χ0n) is 14.3. The molecule has 1 aromatic carbocycles. The van der Waals surface area contributed by atoms with Crippen LogP contribution in [-0.2, 0) is 14.6 Å². The summed E-state index contributed by atoms with van der Waals surface area (Å²) in [6.45, 7) is 8.29. The lowest BCUT2D eigenvalue weighted by atomic mass is 10.1. The molecule has 0 aliphatic carbocycles. The van der Waals surface area contributed by atoms with Gasteiger partial charge in [0.2, 0.25) is 0 Å². The van der Waals surface area contributed by atoms with Crippen molar-refractivity contribution >= 4 is 15.7 Å². The number of carbonyl (C=O) groups excluding carboxylic acids is 1. The summed E-state index contributed by atoms with van der Waals surface area (Å²) in [5.41, 5.74) is 3.30. The first-order valence-corrected chi connectivity index (χ1v) is 9.76. The molecule has 5 nitrogen and oxygen atoms in total. The van der Waals surface area contributed by atoms with Gasteiger partial charge in [-0.25, -0.2) is 8.42 Å². The molecule has 1 unspecified atom stereocenters. The van der Waals surface area contributed by atoms with Crippen LogP contribution >= 0.6 is 0 Å². The Bertz CT molecular complexity index is 697. The smallest absolute Gasteiger partial charge is 0.260 e. The molecule has 1 aliphatic rings. The lowest BCUT2D eigenvalue weighted by molar-refractivity contribution is -0.135. The Balaban J connectivity index is 2.02. The SMILES string of the molecule is CCN(C(=O)COc1cc(C)c(C)cc1C)C1CCS(=O)(=O)C1. The quantitative estimate of drug-likeness (QED) is 0.823. The highest BCUT2D eigenvalue weighted by atomic mass is 32.2. The Hall–Kier alpha value is -1.56. The van der Waals surface area contributed by atoms with Gasteiger partial charge in [-0.05, 0) is 56.9 Å². The Morgan fingerprint density at radius 3 is 2.43 bits per heavy atom. The van der Waals surface area contributed by atoms with E-state index in [2.05, 4.69) is 0 Å². The van der Waals surface area contributed by atoms with Crippen molar-refractivity contribution in [3.8, 4) is 5.75 Å². The molecule has 1 saturated heterocycles. The van der Waals surface area contributed by atoms with Crippen molar-refractivity contribution in [2.45, 2.75) is 40.2 Å². The van der Waals surface area contributed by atoms with Crippen LogP contribution in [0.1, 0.15) is 30.0 Å². The molecule has 1 amide bonds. The van der Waals surface area contributed by atoms with E-state index in [9.17, 15) is 13.2 Å². The van der Waals surface area contributed by atoms with Gasteiger partial charge in [-0.3, -0.25) is 4.79 Å². The van der Waals surface area contributed by atoms with E-state index in [-0.39, 0.29) is 30.1 Å². The highest BCUT2D eigenvalue weighted by Gasteiger charge is 2.33. The summed E-state index contributed by atoms with van der Waals surface area (Å²) in [5.74, 6) is 0.775. The van der Waals surface area contributed by atoms with Gasteiger partial charge < -0.3 is 9.64 Å². The van der Waals surface area contributed by atoms with Crippen LogP contribution in [0.5, 0.6) is 5.75 Å². The molecule has 0 aromatic heterocycles. The summed E-state index contributed by atoms with van der Waals surface area (Å²) >= 11 is 0. The second-order valence-electron chi connectivity index (χ2n) is 6.23. The van der Waals surface area contributed by atoms with Crippen LogP contribution in [0.25, 0.3) is 0 Å². The fourth-order valence-corrected chi connectivity index (χ4v) is 4.70. The third-order valence-electron chi connectivity index (χ3n) is 4.45. The van der Waals surface area contributed by atoms with Gasteiger partial charge in [0.15, 0.2) is 16.4 Å². The number of hydrogen-bond acceptors (Lipinski definition) is 4. The number of nitrogens with zero attached hydrogens (tertiary/aromatic N) is 1. The van der Waals surface area contributed by atoms with Crippen LogP contribution in [0, 0.1) is 20.8 Å². The van der Waals surface area contributed by atoms with Gasteiger partial charge in [-0.2, -0.15) is 0 Å². The first kappa shape index (κ1) is 17.8. The van der Waals surface area contributed by atoms with Crippen molar-refractivity contribution in [3.05, 3.63) is 28.8 Å². The first-order chi connectivity index (χ1) is 10.7. The van der Waals surface area contributed by atoms with Crippen LogP contribution in [0.2, 0.25) is 0 Å². The maximum atomic E-state index is 12.4. The molecule has 1 aliphatic heterocycles. The molecule has 0 spiro atoms. The fraction of sp³-hybridized carbons (Fsp3) is 0.588. The Labute approximate surface area is 138 Å². The van der Waals surface area contributed by atoms with E-state index in [1.165, 1.54) is 5.56 Å². The van der Waals surface area contributed by atoms with Crippen molar-refractivity contribution in [1.82, 2.24) is 4.90 Å². The second-order valence-corrected chi connectivity index (χ2v) is 8.46. The van der Waals surface area contributed by atoms with E-state index < -0.39 is 9.84 Å². The molecule has 1 aromatic rings. The molecule has 1 fully saturated rings. The van der Waals surface area contributed by atoms with Crippen LogP contribution in [0.15, 0.2) is 12.1 Å². The Morgan fingerprint density at radius 2 is 1.87 bits per heavy atom. The van der Waals surface area contributed by atoms with Gasteiger partial charge in [-0.15, -0.1) is 0 Å². The average Bonchev–Trinajstić information content (AvgIpc) is 2.82. The summed E-state index contributed by atoms with van der Waals surface area (Å²) < 4.78 is 28.9. The fourth-order valence-electron chi connectivity index (χ4n) is 2.97. The molecule has 0 saturated carbocycles. The molecule has 0 radical (unpaired) electrons. The number of aryl methyl sites for hydroxylation is 3. The average molecular weight is 339 g/mol. The number of sulfone groups is 1. The molecular formula is C17H25NO4S. The molecule has 1 atom stereocenters. The maximum absolute atomic E-state index is 12.4. The van der Waals surface area contributed by atoms with E-state index in [1.54, 1.807) is 4.90 Å². The number of benzene rings is 1. The number of carbonyl (C=O) groups is 1. The van der Waals surface area contributed by atoms with Gasteiger partial charge in [0.1, 0.15) is 5.75 Å². The van der Waals surface area contributed by atoms with Gasteiger partial charge in [0.25, 0.3) is 5.91 Å². The minimum Gasteiger partial charge on any atom is -0.483 e. The maximum Gasteiger partial charge on any atom is 0.260 e. The first-order valence-electron chi connectivity index (χ1n) is 7.94. The zero-order chi connectivity index (χ0) is 17.2. The summed E-state index contributed by atoms with van der Waals surface area (Å²) in [6, 6.07) is 3.76. The molecule has 1 heterocycles. The van der Waals surface area contributed by atoms with E-state index >= 15 is 0 Å². The number of amides is 1. The highest BCUT2D eigenvalue weighted by Crippen LogP contribution is 2.23.